The Morgan fingerprint density at radius 3 is 2.50 bits per heavy atom. The number of amides is 1. The highest BCUT2D eigenvalue weighted by Crippen LogP contribution is 2.15. The fourth-order valence-electron chi connectivity index (χ4n) is 2.27. The van der Waals surface area contributed by atoms with E-state index in [1.807, 2.05) is 30.3 Å². The zero-order valence-electron chi connectivity index (χ0n) is 12.6. The molecule has 5 heteroatoms. The molecule has 0 aliphatic heterocycles. The van der Waals surface area contributed by atoms with E-state index in [1.54, 1.807) is 19.1 Å². The van der Waals surface area contributed by atoms with Crippen LogP contribution in [0.4, 0.5) is 0 Å². The zero-order chi connectivity index (χ0) is 15.9. The molecule has 1 heterocycles. The first-order valence-electron chi connectivity index (χ1n) is 7.08. The molecule has 1 aromatic carbocycles. The first kappa shape index (κ1) is 15.8. The predicted octanol–water partition coefficient (Wildman–Crippen LogP) is 2.43. The highest BCUT2D eigenvalue weighted by atomic mass is 16.5. The molecular weight excluding hydrogens is 282 g/mol. The molecule has 0 aliphatic carbocycles. The van der Waals surface area contributed by atoms with Gasteiger partial charge in [-0.3, -0.25) is 9.59 Å². The largest absolute Gasteiger partial charge is 0.469 e. The van der Waals surface area contributed by atoms with Crippen molar-refractivity contribution in [2.75, 3.05) is 7.11 Å². The van der Waals surface area contributed by atoms with Gasteiger partial charge in [-0.2, -0.15) is 0 Å². The molecule has 2 aromatic rings. The highest BCUT2D eigenvalue weighted by Gasteiger charge is 2.28. The van der Waals surface area contributed by atoms with Crippen LogP contribution in [0.2, 0.25) is 0 Å². The minimum Gasteiger partial charge on any atom is -0.469 e. The van der Waals surface area contributed by atoms with Gasteiger partial charge in [0, 0.05) is 6.04 Å². The van der Waals surface area contributed by atoms with Crippen molar-refractivity contribution in [1.82, 2.24) is 5.32 Å². The second kappa shape index (κ2) is 7.45. The van der Waals surface area contributed by atoms with Gasteiger partial charge in [-0.15, -0.1) is 0 Å². The van der Waals surface area contributed by atoms with Crippen LogP contribution < -0.4 is 5.32 Å². The molecule has 1 amide bonds. The average Bonchev–Trinajstić information content (AvgIpc) is 3.07. The van der Waals surface area contributed by atoms with Crippen LogP contribution in [0.3, 0.4) is 0 Å². The molecule has 116 valence electrons. The second-order valence-corrected chi connectivity index (χ2v) is 5.06. The number of benzene rings is 1. The zero-order valence-corrected chi connectivity index (χ0v) is 12.6. The summed E-state index contributed by atoms with van der Waals surface area (Å²) >= 11 is 0. The normalized spacial score (nSPS) is 13.2. The topological polar surface area (TPSA) is 68.5 Å². The van der Waals surface area contributed by atoms with E-state index in [2.05, 4.69) is 5.32 Å². The van der Waals surface area contributed by atoms with Crippen LogP contribution in [-0.2, 0) is 16.0 Å². The molecule has 0 spiro atoms. The van der Waals surface area contributed by atoms with E-state index in [1.165, 1.54) is 13.4 Å². The van der Waals surface area contributed by atoms with Gasteiger partial charge in [-0.05, 0) is 31.0 Å². The molecule has 0 radical (unpaired) electrons. The minimum atomic E-state index is -0.466. The number of methoxy groups -OCH3 is 1. The van der Waals surface area contributed by atoms with Crippen LogP contribution in [0.15, 0.2) is 53.1 Å². The second-order valence-electron chi connectivity index (χ2n) is 5.06. The molecule has 0 saturated carbocycles. The fourth-order valence-corrected chi connectivity index (χ4v) is 2.27. The van der Waals surface area contributed by atoms with Crippen molar-refractivity contribution < 1.29 is 18.7 Å². The number of carbonyl (C=O) groups excluding carboxylic acids is 2. The quantitative estimate of drug-likeness (QED) is 0.832. The molecule has 5 nitrogen and oxygen atoms in total. The van der Waals surface area contributed by atoms with Gasteiger partial charge < -0.3 is 14.5 Å². The third kappa shape index (κ3) is 3.97. The van der Waals surface area contributed by atoms with E-state index < -0.39 is 5.92 Å². The smallest absolute Gasteiger partial charge is 0.311 e. The van der Waals surface area contributed by atoms with E-state index in [-0.39, 0.29) is 23.7 Å². The molecule has 1 N–H and O–H groups in total. The molecule has 2 unspecified atom stereocenters. The summed E-state index contributed by atoms with van der Waals surface area (Å²) in [7, 11) is 1.35. The van der Waals surface area contributed by atoms with Gasteiger partial charge in [0.1, 0.15) is 0 Å². The maximum atomic E-state index is 12.0. The van der Waals surface area contributed by atoms with Crippen molar-refractivity contribution >= 4 is 11.9 Å². The van der Waals surface area contributed by atoms with Crippen LogP contribution in [0.25, 0.3) is 0 Å². The number of carbonyl (C=O) groups is 2. The van der Waals surface area contributed by atoms with Crippen molar-refractivity contribution in [1.29, 1.82) is 0 Å². The summed E-state index contributed by atoms with van der Waals surface area (Å²) in [5.41, 5.74) is 1.01. The van der Waals surface area contributed by atoms with E-state index >= 15 is 0 Å². The Kier molecular flexibility index (Phi) is 5.36. The van der Waals surface area contributed by atoms with Gasteiger partial charge >= 0.3 is 5.97 Å². The molecule has 0 aliphatic rings. The standard InChI is InChI=1S/C17H19NO4/c1-12(18-16(19)15-9-6-10-22-15)14(17(20)21-2)11-13-7-4-3-5-8-13/h3-10,12,14H,11H2,1-2H3,(H,18,19). The van der Waals surface area contributed by atoms with Gasteiger partial charge in [-0.1, -0.05) is 30.3 Å². The Morgan fingerprint density at radius 1 is 1.18 bits per heavy atom. The Morgan fingerprint density at radius 2 is 1.91 bits per heavy atom. The van der Waals surface area contributed by atoms with E-state index in [9.17, 15) is 9.59 Å². The molecule has 0 fully saturated rings. The lowest BCUT2D eigenvalue weighted by atomic mass is 9.93. The monoisotopic (exact) mass is 301 g/mol. The predicted molar refractivity (Wildman–Crippen MR) is 81.3 cm³/mol. The number of nitrogens with one attached hydrogen (secondary N) is 1. The number of furan rings is 1. The van der Waals surface area contributed by atoms with Gasteiger partial charge in [0.2, 0.25) is 0 Å². The molecular formula is C17H19NO4. The summed E-state index contributed by atoms with van der Waals surface area (Å²) in [6, 6.07) is 12.5. The van der Waals surface area contributed by atoms with Crippen LogP contribution >= 0.6 is 0 Å². The number of hydrogen-bond donors (Lipinski definition) is 1. The van der Waals surface area contributed by atoms with Crippen molar-refractivity contribution in [3.63, 3.8) is 0 Å². The minimum absolute atomic E-state index is 0.218. The Labute approximate surface area is 129 Å². The average molecular weight is 301 g/mol. The SMILES string of the molecule is COC(=O)C(Cc1ccccc1)C(C)NC(=O)c1ccco1. The maximum absolute atomic E-state index is 12.0. The third-order valence-electron chi connectivity index (χ3n) is 3.51. The van der Waals surface area contributed by atoms with Crippen molar-refractivity contribution in [3.05, 3.63) is 60.1 Å². The summed E-state index contributed by atoms with van der Waals surface area (Å²) in [5, 5.41) is 2.78. The van der Waals surface area contributed by atoms with Gasteiger partial charge in [0.25, 0.3) is 5.91 Å². The number of rotatable bonds is 6. The van der Waals surface area contributed by atoms with Crippen LogP contribution in [0.5, 0.6) is 0 Å². The molecule has 0 bridgehead atoms. The Hall–Kier alpha value is -2.56. The first-order valence-corrected chi connectivity index (χ1v) is 7.08. The molecule has 2 rings (SSSR count). The maximum Gasteiger partial charge on any atom is 0.311 e. The molecule has 0 saturated heterocycles. The number of esters is 1. The lowest BCUT2D eigenvalue weighted by Crippen LogP contribution is -2.42. The fraction of sp³-hybridized carbons (Fsp3) is 0.294. The number of hydrogen-bond acceptors (Lipinski definition) is 4. The summed E-state index contributed by atoms with van der Waals surface area (Å²) in [5.74, 6) is -0.947. The summed E-state index contributed by atoms with van der Waals surface area (Å²) < 4.78 is 9.92. The van der Waals surface area contributed by atoms with Gasteiger partial charge in [-0.25, -0.2) is 0 Å². The van der Waals surface area contributed by atoms with E-state index in [0.717, 1.165) is 5.56 Å². The lowest BCUT2D eigenvalue weighted by Gasteiger charge is -2.22. The van der Waals surface area contributed by atoms with Crippen molar-refractivity contribution in [3.8, 4) is 0 Å². The highest BCUT2D eigenvalue weighted by molar-refractivity contribution is 5.92. The summed E-state index contributed by atoms with van der Waals surface area (Å²) in [6.07, 6.45) is 1.93. The van der Waals surface area contributed by atoms with E-state index in [0.29, 0.717) is 6.42 Å². The van der Waals surface area contributed by atoms with Crippen LogP contribution in [-0.4, -0.2) is 25.0 Å². The molecule has 22 heavy (non-hydrogen) atoms. The number of ether oxygens (including phenoxy) is 1. The summed E-state index contributed by atoms with van der Waals surface area (Å²) in [4.78, 5) is 24.1. The van der Waals surface area contributed by atoms with Crippen LogP contribution in [0.1, 0.15) is 23.0 Å². The third-order valence-corrected chi connectivity index (χ3v) is 3.51. The van der Waals surface area contributed by atoms with E-state index in [4.69, 9.17) is 9.15 Å². The van der Waals surface area contributed by atoms with Gasteiger partial charge in [0.15, 0.2) is 5.76 Å². The van der Waals surface area contributed by atoms with Gasteiger partial charge in [0.05, 0.1) is 19.3 Å². The Balaban J connectivity index is 2.07. The molecule has 1 aromatic heterocycles. The Bertz CT molecular complexity index is 607. The summed E-state index contributed by atoms with van der Waals surface area (Å²) in [6.45, 7) is 1.78. The van der Waals surface area contributed by atoms with Crippen LogP contribution in [0, 0.1) is 5.92 Å². The van der Waals surface area contributed by atoms with Crippen molar-refractivity contribution in [2.24, 2.45) is 5.92 Å². The first-order chi connectivity index (χ1) is 10.6. The lowest BCUT2D eigenvalue weighted by molar-refractivity contribution is -0.146. The van der Waals surface area contributed by atoms with Crippen molar-refractivity contribution in [2.45, 2.75) is 19.4 Å². The molecule has 2 atom stereocenters.